The maximum atomic E-state index is 12.6. The van der Waals surface area contributed by atoms with Crippen LogP contribution in [0.25, 0.3) is 5.57 Å². The lowest BCUT2D eigenvalue weighted by Crippen LogP contribution is -2.56. The van der Waals surface area contributed by atoms with Gasteiger partial charge in [0.1, 0.15) is 6.61 Å². The zero-order valence-corrected chi connectivity index (χ0v) is 14.2. The van der Waals surface area contributed by atoms with Gasteiger partial charge in [-0.15, -0.1) is 0 Å². The van der Waals surface area contributed by atoms with E-state index in [1.807, 2.05) is 53.0 Å². The summed E-state index contributed by atoms with van der Waals surface area (Å²) in [4.78, 5) is 14.5. The average Bonchev–Trinajstić information content (AvgIpc) is 3.05. The first kappa shape index (κ1) is 15.9. The van der Waals surface area contributed by atoms with Crippen molar-refractivity contribution >= 4 is 11.7 Å². The minimum absolute atomic E-state index is 0.00285. The maximum absolute atomic E-state index is 12.6. The van der Waals surface area contributed by atoms with Gasteiger partial charge in [0.15, 0.2) is 0 Å². The Morgan fingerprint density at radius 1 is 1.28 bits per heavy atom. The lowest BCUT2D eigenvalue weighted by Gasteiger charge is -2.43. The Bertz CT molecular complexity index is 784. The number of aryl methyl sites for hydroxylation is 1. The van der Waals surface area contributed by atoms with Crippen LogP contribution in [0.4, 0.5) is 4.79 Å². The summed E-state index contributed by atoms with van der Waals surface area (Å²) in [7, 11) is 1.93. The zero-order chi connectivity index (χ0) is 17.2. The van der Waals surface area contributed by atoms with E-state index in [9.17, 15) is 4.79 Å². The molecule has 0 saturated carbocycles. The predicted molar refractivity (Wildman–Crippen MR) is 92.7 cm³/mol. The van der Waals surface area contributed by atoms with Gasteiger partial charge in [-0.3, -0.25) is 9.58 Å². The number of aromatic nitrogens is 2. The molecule has 2 bridgehead atoms. The maximum Gasteiger partial charge on any atom is 0.411 e. The van der Waals surface area contributed by atoms with Crippen LogP contribution in [0, 0.1) is 0 Å². The van der Waals surface area contributed by atoms with Crippen LogP contribution >= 0.6 is 0 Å². The highest BCUT2D eigenvalue weighted by molar-refractivity contribution is 5.73. The van der Waals surface area contributed by atoms with E-state index in [4.69, 9.17) is 9.47 Å². The molecule has 1 aromatic heterocycles. The third-order valence-corrected chi connectivity index (χ3v) is 4.76. The molecule has 6 nitrogen and oxygen atoms in total. The van der Waals surface area contributed by atoms with Crippen molar-refractivity contribution in [1.29, 1.82) is 0 Å². The van der Waals surface area contributed by atoms with E-state index in [1.54, 1.807) is 6.20 Å². The number of nitrogens with zero attached hydrogens (tertiary/aromatic N) is 3. The highest BCUT2D eigenvalue weighted by Gasteiger charge is 2.39. The molecule has 1 amide bonds. The van der Waals surface area contributed by atoms with Crippen molar-refractivity contribution in [2.24, 2.45) is 7.05 Å². The van der Waals surface area contributed by atoms with Crippen molar-refractivity contribution in [3.8, 4) is 0 Å². The molecule has 130 valence electrons. The average molecular weight is 339 g/mol. The van der Waals surface area contributed by atoms with E-state index < -0.39 is 0 Å². The molecule has 3 heterocycles. The molecule has 0 N–H and O–H groups in total. The standard InChI is InChI=1S/C19H21N3O3/c1-21-18(7-8-20-21)15-9-16-12-24-13-17(10-15)22(16)19(23)25-11-14-5-3-2-4-6-14/h2-9,16-17H,10-13H2,1H3. The summed E-state index contributed by atoms with van der Waals surface area (Å²) in [6, 6.07) is 11.6. The minimum Gasteiger partial charge on any atom is -0.445 e. The van der Waals surface area contributed by atoms with Crippen LogP contribution in [-0.4, -0.2) is 46.1 Å². The van der Waals surface area contributed by atoms with E-state index in [0.29, 0.717) is 13.2 Å². The van der Waals surface area contributed by atoms with Crippen LogP contribution in [-0.2, 0) is 23.1 Å². The molecular weight excluding hydrogens is 318 g/mol. The Morgan fingerprint density at radius 3 is 2.84 bits per heavy atom. The van der Waals surface area contributed by atoms with Gasteiger partial charge in [0.05, 0.1) is 31.0 Å². The minimum atomic E-state index is -0.276. The van der Waals surface area contributed by atoms with Gasteiger partial charge in [-0.1, -0.05) is 36.4 Å². The molecule has 0 radical (unpaired) electrons. The van der Waals surface area contributed by atoms with Crippen LogP contribution < -0.4 is 0 Å². The molecule has 25 heavy (non-hydrogen) atoms. The largest absolute Gasteiger partial charge is 0.445 e. The first-order valence-electron chi connectivity index (χ1n) is 8.48. The van der Waals surface area contributed by atoms with Gasteiger partial charge in [-0.05, 0) is 23.6 Å². The Kier molecular flexibility index (Phi) is 4.28. The second kappa shape index (κ2) is 6.72. The normalized spacial score (nSPS) is 22.4. The first-order chi connectivity index (χ1) is 12.2. The van der Waals surface area contributed by atoms with Crippen LogP contribution in [0.2, 0.25) is 0 Å². The van der Waals surface area contributed by atoms with Crippen molar-refractivity contribution in [3.63, 3.8) is 0 Å². The molecule has 2 aliphatic rings. The Labute approximate surface area is 146 Å². The molecule has 1 saturated heterocycles. The second-order valence-corrected chi connectivity index (χ2v) is 6.44. The van der Waals surface area contributed by atoms with Gasteiger partial charge in [-0.2, -0.15) is 5.10 Å². The number of morpholine rings is 1. The summed E-state index contributed by atoms with van der Waals surface area (Å²) in [5, 5.41) is 4.24. The summed E-state index contributed by atoms with van der Waals surface area (Å²) in [5.74, 6) is 0. The molecule has 0 aliphatic carbocycles. The van der Waals surface area contributed by atoms with Gasteiger partial charge >= 0.3 is 6.09 Å². The Hall–Kier alpha value is -2.60. The Balaban J connectivity index is 1.50. The van der Waals surface area contributed by atoms with Gasteiger partial charge in [0.25, 0.3) is 0 Å². The number of carbonyl (C=O) groups excluding carboxylic acids is 1. The van der Waals surface area contributed by atoms with Crippen molar-refractivity contribution in [2.45, 2.75) is 25.1 Å². The number of fused-ring (bicyclic) bond motifs is 2. The molecule has 2 aliphatic heterocycles. The SMILES string of the molecule is Cn1nccc1C1=CC2COCC(C1)N2C(=O)OCc1ccccc1. The summed E-state index contributed by atoms with van der Waals surface area (Å²) in [6.45, 7) is 1.32. The molecule has 2 aromatic rings. The number of carbonyl (C=O) groups is 1. The lowest BCUT2D eigenvalue weighted by molar-refractivity contribution is -0.0342. The van der Waals surface area contributed by atoms with Gasteiger partial charge in [-0.25, -0.2) is 4.79 Å². The third-order valence-electron chi connectivity index (χ3n) is 4.76. The third kappa shape index (κ3) is 3.17. The van der Waals surface area contributed by atoms with Gasteiger partial charge in [0.2, 0.25) is 0 Å². The number of ether oxygens (including phenoxy) is 2. The van der Waals surface area contributed by atoms with Crippen LogP contribution in [0.3, 0.4) is 0 Å². The smallest absolute Gasteiger partial charge is 0.411 e. The quantitative estimate of drug-likeness (QED) is 0.862. The van der Waals surface area contributed by atoms with E-state index in [-0.39, 0.29) is 24.8 Å². The van der Waals surface area contributed by atoms with Crippen LogP contribution in [0.15, 0.2) is 48.7 Å². The van der Waals surface area contributed by atoms with Crippen LogP contribution in [0.1, 0.15) is 17.7 Å². The van der Waals surface area contributed by atoms with Crippen LogP contribution in [0.5, 0.6) is 0 Å². The fraction of sp³-hybridized carbons (Fsp3) is 0.368. The highest BCUT2D eigenvalue weighted by Crippen LogP contribution is 2.32. The van der Waals surface area contributed by atoms with Gasteiger partial charge < -0.3 is 9.47 Å². The summed E-state index contributed by atoms with van der Waals surface area (Å²) < 4.78 is 13.1. The molecule has 0 spiro atoms. The molecule has 2 unspecified atom stereocenters. The lowest BCUT2D eigenvalue weighted by atomic mass is 9.92. The summed E-state index contributed by atoms with van der Waals surface area (Å²) >= 11 is 0. The summed E-state index contributed by atoms with van der Waals surface area (Å²) in [5.41, 5.74) is 3.29. The molecule has 6 heteroatoms. The highest BCUT2D eigenvalue weighted by atomic mass is 16.6. The molecule has 1 aromatic carbocycles. The van der Waals surface area contributed by atoms with E-state index in [1.165, 1.54) is 5.57 Å². The van der Waals surface area contributed by atoms with E-state index >= 15 is 0 Å². The number of rotatable bonds is 3. The fourth-order valence-electron chi connectivity index (χ4n) is 3.55. The second-order valence-electron chi connectivity index (χ2n) is 6.44. The van der Waals surface area contributed by atoms with Crippen molar-refractivity contribution in [1.82, 2.24) is 14.7 Å². The first-order valence-corrected chi connectivity index (χ1v) is 8.48. The predicted octanol–water partition coefficient (Wildman–Crippen LogP) is 2.61. The fourth-order valence-corrected chi connectivity index (χ4v) is 3.55. The summed E-state index contributed by atoms with van der Waals surface area (Å²) in [6.07, 6.45) is 4.37. The molecule has 1 fully saturated rings. The topological polar surface area (TPSA) is 56.6 Å². The zero-order valence-electron chi connectivity index (χ0n) is 14.2. The number of benzene rings is 1. The number of hydrogen-bond donors (Lipinski definition) is 0. The van der Waals surface area contributed by atoms with E-state index in [2.05, 4.69) is 11.2 Å². The monoisotopic (exact) mass is 339 g/mol. The van der Waals surface area contributed by atoms with Crippen molar-refractivity contribution < 1.29 is 14.3 Å². The van der Waals surface area contributed by atoms with Gasteiger partial charge in [0, 0.05) is 13.2 Å². The van der Waals surface area contributed by atoms with Crippen molar-refractivity contribution in [3.05, 3.63) is 59.9 Å². The van der Waals surface area contributed by atoms with Crippen molar-refractivity contribution in [2.75, 3.05) is 13.2 Å². The van der Waals surface area contributed by atoms with E-state index in [0.717, 1.165) is 17.7 Å². The molecule has 4 rings (SSSR count). The molecular formula is C19H21N3O3. The Morgan fingerprint density at radius 2 is 2.12 bits per heavy atom. The molecule has 2 atom stereocenters. The number of amides is 1. The number of hydrogen-bond acceptors (Lipinski definition) is 4.